The van der Waals surface area contributed by atoms with Crippen LogP contribution in [-0.2, 0) is 4.79 Å². The summed E-state index contributed by atoms with van der Waals surface area (Å²) in [6.07, 6.45) is 1.54. The molecule has 0 saturated carbocycles. The summed E-state index contributed by atoms with van der Waals surface area (Å²) in [6, 6.07) is 0.465. The Morgan fingerprint density at radius 2 is 1.93 bits per heavy atom. The lowest BCUT2D eigenvalue weighted by atomic mass is 10.1. The zero-order valence-corrected chi connectivity index (χ0v) is 10.5. The molecular weight excluding hydrogens is 210 g/mol. The number of rotatable bonds is 7. The second-order valence-corrected chi connectivity index (χ2v) is 4.49. The number of carbonyl (C=O) groups is 1. The van der Waals surface area contributed by atoms with E-state index in [4.69, 9.17) is 23.7 Å². The van der Waals surface area contributed by atoms with Crippen molar-refractivity contribution in [2.75, 3.05) is 6.54 Å². The van der Waals surface area contributed by atoms with Gasteiger partial charge in [0, 0.05) is 18.5 Å². The van der Waals surface area contributed by atoms with Crippen molar-refractivity contribution < 1.29 is 4.79 Å². The van der Waals surface area contributed by atoms with E-state index in [0.29, 0.717) is 11.4 Å². The normalized spacial score (nSPS) is 13.1. The van der Waals surface area contributed by atoms with Gasteiger partial charge in [-0.1, -0.05) is 19.1 Å². The molecule has 0 bridgehead atoms. The number of nitrogens with two attached hydrogens (primary N) is 2. The lowest BCUT2D eigenvalue weighted by Gasteiger charge is -2.33. The van der Waals surface area contributed by atoms with Gasteiger partial charge in [-0.05, 0) is 20.3 Å². The average Bonchev–Trinajstić information content (AvgIpc) is 2.09. The van der Waals surface area contributed by atoms with Crippen molar-refractivity contribution in [1.29, 1.82) is 0 Å². The molecule has 0 aromatic rings. The summed E-state index contributed by atoms with van der Waals surface area (Å²) in [7, 11) is 0. The summed E-state index contributed by atoms with van der Waals surface area (Å²) in [6.45, 7) is 6.38. The van der Waals surface area contributed by atoms with Crippen molar-refractivity contribution in [3.05, 3.63) is 0 Å². The van der Waals surface area contributed by atoms with Gasteiger partial charge < -0.3 is 11.5 Å². The molecule has 1 unspecified atom stereocenters. The highest BCUT2D eigenvalue weighted by Crippen LogP contribution is 2.12. The number of primary amides is 1. The minimum atomic E-state index is -0.315. The first kappa shape index (κ1) is 14.3. The highest BCUT2D eigenvalue weighted by molar-refractivity contribution is 7.80. The van der Waals surface area contributed by atoms with Crippen LogP contribution in [0.15, 0.2) is 0 Å². The fourth-order valence-corrected chi connectivity index (χ4v) is 1.83. The fourth-order valence-electron chi connectivity index (χ4n) is 1.64. The molecule has 1 atom stereocenters. The molecule has 1 amide bonds. The minimum absolute atomic E-state index is 0.204. The monoisotopic (exact) mass is 231 g/mol. The van der Waals surface area contributed by atoms with Crippen LogP contribution >= 0.6 is 12.2 Å². The fraction of sp³-hybridized carbons (Fsp3) is 0.800. The average molecular weight is 231 g/mol. The zero-order chi connectivity index (χ0) is 12.0. The molecular formula is C10H21N3OS. The van der Waals surface area contributed by atoms with E-state index in [9.17, 15) is 4.79 Å². The Balaban J connectivity index is 4.54. The number of nitrogens with zero attached hydrogens (tertiary/aromatic N) is 1. The molecule has 15 heavy (non-hydrogen) atoms. The molecule has 0 rings (SSSR count). The van der Waals surface area contributed by atoms with Gasteiger partial charge in [0.1, 0.15) is 0 Å². The van der Waals surface area contributed by atoms with E-state index in [0.717, 1.165) is 6.42 Å². The van der Waals surface area contributed by atoms with E-state index in [1.54, 1.807) is 0 Å². The maximum Gasteiger partial charge on any atom is 0.231 e. The number of hydrogen-bond acceptors (Lipinski definition) is 3. The largest absolute Gasteiger partial charge is 0.393 e. The molecule has 0 aromatic heterocycles. The van der Waals surface area contributed by atoms with Crippen LogP contribution in [-0.4, -0.2) is 34.4 Å². The smallest absolute Gasteiger partial charge is 0.231 e. The molecule has 0 aliphatic carbocycles. The van der Waals surface area contributed by atoms with E-state index < -0.39 is 0 Å². The lowest BCUT2D eigenvalue weighted by molar-refractivity contribution is -0.120. The third-order valence-electron chi connectivity index (χ3n) is 2.38. The van der Waals surface area contributed by atoms with Crippen molar-refractivity contribution in [3.63, 3.8) is 0 Å². The molecule has 0 aliphatic heterocycles. The Labute approximate surface area is 97.0 Å². The van der Waals surface area contributed by atoms with E-state index in [1.807, 2.05) is 18.7 Å². The summed E-state index contributed by atoms with van der Waals surface area (Å²) in [4.78, 5) is 13.5. The molecule has 4 nitrogen and oxygen atoms in total. The third kappa shape index (κ3) is 5.69. The van der Waals surface area contributed by atoms with Gasteiger partial charge >= 0.3 is 0 Å². The Kier molecular flexibility index (Phi) is 6.43. The summed E-state index contributed by atoms with van der Waals surface area (Å²) in [5.74, 6) is -0.315. The van der Waals surface area contributed by atoms with E-state index in [1.165, 1.54) is 0 Å². The van der Waals surface area contributed by atoms with Gasteiger partial charge in [0.25, 0.3) is 0 Å². The standard InChI is InChI=1S/C10H21N3OS/c1-4-8(5-10(12)15)13(7(2)3)6-9(11)14/h7-8H,4-6H2,1-3H3,(H2,11,14)(H2,12,15). The van der Waals surface area contributed by atoms with Crippen LogP contribution in [0.5, 0.6) is 0 Å². The molecule has 0 spiro atoms. The summed E-state index contributed by atoms with van der Waals surface area (Å²) >= 11 is 4.89. The Hall–Kier alpha value is -0.680. The number of hydrogen-bond donors (Lipinski definition) is 2. The van der Waals surface area contributed by atoms with Gasteiger partial charge in [-0.2, -0.15) is 0 Å². The predicted octanol–water partition coefficient (Wildman–Crippen LogP) is 0.637. The van der Waals surface area contributed by atoms with Crippen LogP contribution in [0.1, 0.15) is 33.6 Å². The maximum atomic E-state index is 10.9. The van der Waals surface area contributed by atoms with Crippen molar-refractivity contribution >= 4 is 23.1 Å². The Morgan fingerprint density at radius 3 is 2.20 bits per heavy atom. The van der Waals surface area contributed by atoms with Gasteiger partial charge in [-0.25, -0.2) is 0 Å². The molecule has 0 aromatic carbocycles. The predicted molar refractivity (Wildman–Crippen MR) is 66.5 cm³/mol. The van der Waals surface area contributed by atoms with Crippen molar-refractivity contribution in [3.8, 4) is 0 Å². The first-order valence-corrected chi connectivity index (χ1v) is 5.61. The van der Waals surface area contributed by atoms with Crippen LogP contribution in [0.4, 0.5) is 0 Å². The second kappa shape index (κ2) is 6.74. The van der Waals surface area contributed by atoms with Crippen LogP contribution in [0, 0.1) is 0 Å². The zero-order valence-electron chi connectivity index (χ0n) is 9.69. The highest BCUT2D eigenvalue weighted by atomic mass is 32.1. The third-order valence-corrected chi connectivity index (χ3v) is 2.55. The topological polar surface area (TPSA) is 72.3 Å². The van der Waals surface area contributed by atoms with Gasteiger partial charge in [0.15, 0.2) is 0 Å². The van der Waals surface area contributed by atoms with Gasteiger partial charge in [-0.3, -0.25) is 9.69 Å². The minimum Gasteiger partial charge on any atom is -0.393 e. The SMILES string of the molecule is CCC(CC(N)=S)N(CC(N)=O)C(C)C. The molecule has 0 radical (unpaired) electrons. The van der Waals surface area contributed by atoms with Crippen LogP contribution in [0.3, 0.4) is 0 Å². The highest BCUT2D eigenvalue weighted by Gasteiger charge is 2.21. The van der Waals surface area contributed by atoms with Gasteiger partial charge in [0.2, 0.25) is 5.91 Å². The first-order valence-electron chi connectivity index (χ1n) is 5.20. The van der Waals surface area contributed by atoms with Crippen LogP contribution < -0.4 is 11.5 Å². The molecule has 4 N–H and O–H groups in total. The second-order valence-electron chi connectivity index (χ2n) is 3.96. The molecule has 88 valence electrons. The number of amides is 1. The lowest BCUT2D eigenvalue weighted by Crippen LogP contribution is -2.46. The number of carbonyl (C=O) groups excluding carboxylic acids is 1. The van der Waals surface area contributed by atoms with Crippen LogP contribution in [0.25, 0.3) is 0 Å². The Bertz CT molecular complexity index is 231. The molecule has 0 saturated heterocycles. The summed E-state index contributed by atoms with van der Waals surface area (Å²) in [5, 5.41) is 0. The van der Waals surface area contributed by atoms with Crippen molar-refractivity contribution in [1.82, 2.24) is 4.90 Å². The molecule has 0 heterocycles. The Morgan fingerprint density at radius 1 is 1.40 bits per heavy atom. The van der Waals surface area contributed by atoms with E-state index in [2.05, 4.69) is 6.92 Å². The van der Waals surface area contributed by atoms with Crippen molar-refractivity contribution in [2.45, 2.75) is 45.7 Å². The first-order chi connectivity index (χ1) is 6.88. The van der Waals surface area contributed by atoms with E-state index in [-0.39, 0.29) is 24.5 Å². The quantitative estimate of drug-likeness (QED) is 0.631. The van der Waals surface area contributed by atoms with Crippen molar-refractivity contribution in [2.24, 2.45) is 11.5 Å². The van der Waals surface area contributed by atoms with Gasteiger partial charge in [-0.15, -0.1) is 0 Å². The summed E-state index contributed by atoms with van der Waals surface area (Å²) in [5.41, 5.74) is 10.7. The maximum absolute atomic E-state index is 10.9. The van der Waals surface area contributed by atoms with E-state index >= 15 is 0 Å². The molecule has 0 fully saturated rings. The summed E-state index contributed by atoms with van der Waals surface area (Å²) < 4.78 is 0. The van der Waals surface area contributed by atoms with Crippen LogP contribution in [0.2, 0.25) is 0 Å². The number of thiocarbonyl (C=S) groups is 1. The van der Waals surface area contributed by atoms with Gasteiger partial charge in [0.05, 0.1) is 11.5 Å². The molecule has 5 heteroatoms. The molecule has 0 aliphatic rings.